The molecule has 29 heavy (non-hydrogen) atoms. The van der Waals surface area contributed by atoms with Gasteiger partial charge in [0.15, 0.2) is 9.84 Å². The number of carbonyl (C=O) groups is 1. The molecule has 0 saturated carbocycles. The van der Waals surface area contributed by atoms with Crippen molar-refractivity contribution in [3.63, 3.8) is 0 Å². The summed E-state index contributed by atoms with van der Waals surface area (Å²) in [7, 11) is -3.72. The Bertz CT molecular complexity index is 949. The summed E-state index contributed by atoms with van der Waals surface area (Å²) in [5.74, 6) is -2.32. The van der Waals surface area contributed by atoms with Crippen molar-refractivity contribution in [3.05, 3.63) is 64.1 Å². The molecule has 2 rings (SSSR count). The number of aliphatic hydroxyl groups excluding tert-OH is 1. The predicted octanol–water partition coefficient (Wildman–Crippen LogP) is 3.11. The Morgan fingerprint density at radius 1 is 1.17 bits per heavy atom. The van der Waals surface area contributed by atoms with E-state index in [0.717, 1.165) is 12.1 Å². The molecule has 0 bridgehead atoms. The van der Waals surface area contributed by atoms with Gasteiger partial charge in [-0.3, -0.25) is 4.79 Å². The predicted molar refractivity (Wildman–Crippen MR) is 103 cm³/mol. The average molecular weight is 496 g/mol. The number of ether oxygens (including phenoxy) is 1. The number of carbonyl (C=O) groups excluding carboxylic acids is 1. The van der Waals surface area contributed by atoms with Crippen molar-refractivity contribution >= 4 is 31.7 Å². The van der Waals surface area contributed by atoms with Gasteiger partial charge in [0.2, 0.25) is 5.91 Å². The van der Waals surface area contributed by atoms with Crippen LogP contribution in [0.1, 0.15) is 17.2 Å². The van der Waals surface area contributed by atoms with Crippen molar-refractivity contribution in [2.24, 2.45) is 0 Å². The Morgan fingerprint density at radius 3 is 2.41 bits per heavy atom. The smallest absolute Gasteiger partial charge is 0.406 e. The summed E-state index contributed by atoms with van der Waals surface area (Å²) in [5, 5.41) is 12.3. The van der Waals surface area contributed by atoms with Gasteiger partial charge in [-0.15, -0.1) is 13.2 Å². The number of aliphatic hydroxyl groups is 1. The summed E-state index contributed by atoms with van der Waals surface area (Å²) < 4.78 is 65.1. The molecule has 0 heterocycles. The van der Waals surface area contributed by atoms with Gasteiger partial charge in [0, 0.05) is 11.0 Å². The van der Waals surface area contributed by atoms with Crippen LogP contribution >= 0.6 is 15.9 Å². The average Bonchev–Trinajstić information content (AvgIpc) is 2.58. The molecular weight excluding hydrogens is 479 g/mol. The highest BCUT2D eigenvalue weighted by atomic mass is 79.9. The van der Waals surface area contributed by atoms with E-state index in [2.05, 4.69) is 26.0 Å². The van der Waals surface area contributed by atoms with E-state index < -0.39 is 39.7 Å². The van der Waals surface area contributed by atoms with Gasteiger partial charge in [-0.05, 0) is 35.4 Å². The molecule has 1 amide bonds. The second kappa shape index (κ2) is 9.59. The maximum Gasteiger partial charge on any atom is 0.573 e. The zero-order valence-corrected chi connectivity index (χ0v) is 17.2. The van der Waals surface area contributed by atoms with E-state index in [1.165, 1.54) is 12.1 Å². The van der Waals surface area contributed by atoms with E-state index in [1.807, 2.05) is 0 Å². The molecule has 0 aromatic heterocycles. The van der Waals surface area contributed by atoms with E-state index in [-0.39, 0.29) is 17.9 Å². The van der Waals surface area contributed by atoms with Crippen molar-refractivity contribution in [2.75, 3.05) is 12.3 Å². The van der Waals surface area contributed by atoms with Crippen LogP contribution in [0.2, 0.25) is 0 Å². The topological polar surface area (TPSA) is 92.7 Å². The Morgan fingerprint density at radius 2 is 1.83 bits per heavy atom. The van der Waals surface area contributed by atoms with Gasteiger partial charge < -0.3 is 15.2 Å². The first-order valence-electron chi connectivity index (χ1n) is 8.19. The third-order valence-corrected chi connectivity index (χ3v) is 5.59. The highest BCUT2D eigenvalue weighted by Gasteiger charge is 2.31. The molecule has 2 aromatic carbocycles. The molecule has 1 unspecified atom stereocenters. The van der Waals surface area contributed by atoms with Gasteiger partial charge in [0.25, 0.3) is 0 Å². The molecule has 2 N–H and O–H groups in total. The second-order valence-electron chi connectivity index (χ2n) is 6.10. The van der Waals surface area contributed by atoms with Gasteiger partial charge in [-0.2, -0.15) is 0 Å². The van der Waals surface area contributed by atoms with Crippen LogP contribution in [0, 0.1) is 0 Å². The van der Waals surface area contributed by atoms with Crippen LogP contribution in [0.4, 0.5) is 13.2 Å². The fraction of sp³-hybridized carbons (Fsp3) is 0.278. The van der Waals surface area contributed by atoms with Crippen molar-refractivity contribution in [3.8, 4) is 5.75 Å². The molecule has 0 aliphatic rings. The quantitative estimate of drug-likeness (QED) is 0.586. The number of hydrogen-bond acceptors (Lipinski definition) is 5. The largest absolute Gasteiger partial charge is 0.573 e. The Balaban J connectivity index is 1.86. The van der Waals surface area contributed by atoms with Gasteiger partial charge in [-0.1, -0.05) is 40.2 Å². The molecule has 6 nitrogen and oxygen atoms in total. The SMILES string of the molecule is O=C(CS(=O)(=O)Cc1cccc(Br)c1)NCC(O)c1ccc(OC(F)(F)F)cc1. The van der Waals surface area contributed by atoms with E-state index in [9.17, 15) is 31.5 Å². The van der Waals surface area contributed by atoms with Gasteiger partial charge in [0.1, 0.15) is 11.5 Å². The zero-order chi connectivity index (χ0) is 21.7. The molecule has 158 valence electrons. The lowest BCUT2D eigenvalue weighted by Crippen LogP contribution is -2.33. The first-order chi connectivity index (χ1) is 13.4. The summed E-state index contributed by atoms with van der Waals surface area (Å²) in [5.41, 5.74) is 0.755. The van der Waals surface area contributed by atoms with Crippen LogP contribution in [-0.2, 0) is 20.4 Å². The highest BCUT2D eigenvalue weighted by molar-refractivity contribution is 9.10. The summed E-state index contributed by atoms with van der Waals surface area (Å²) in [4.78, 5) is 11.9. The Labute approximate surface area is 173 Å². The third kappa shape index (κ3) is 8.42. The molecular formula is C18H17BrF3NO5S. The number of alkyl halides is 3. The summed E-state index contributed by atoms with van der Waals surface area (Å²) in [6.45, 7) is -0.301. The standard InChI is InChI=1S/C18H17BrF3NO5S/c19-14-3-1-2-12(8-14)10-29(26,27)11-17(25)23-9-16(24)13-4-6-15(7-5-13)28-18(20,21)22/h1-8,16,24H,9-11H2,(H,23,25). The number of amides is 1. The fourth-order valence-corrected chi connectivity index (χ4v) is 4.14. The maximum atomic E-state index is 12.1. The minimum atomic E-state index is -4.82. The van der Waals surface area contributed by atoms with E-state index in [0.29, 0.717) is 10.0 Å². The first kappa shape index (κ1) is 23.2. The molecule has 0 spiro atoms. The maximum absolute atomic E-state index is 12.1. The van der Waals surface area contributed by atoms with Crippen LogP contribution < -0.4 is 10.1 Å². The van der Waals surface area contributed by atoms with Crippen molar-refractivity contribution in [1.29, 1.82) is 0 Å². The van der Waals surface area contributed by atoms with Crippen LogP contribution in [0.5, 0.6) is 5.75 Å². The number of nitrogens with one attached hydrogen (secondary N) is 1. The molecule has 0 aliphatic carbocycles. The fourth-order valence-electron chi connectivity index (χ4n) is 2.40. The van der Waals surface area contributed by atoms with Crippen molar-refractivity contribution in [2.45, 2.75) is 18.2 Å². The number of rotatable bonds is 8. The number of halogens is 4. The molecule has 0 aliphatic heterocycles. The zero-order valence-electron chi connectivity index (χ0n) is 14.8. The molecule has 2 aromatic rings. The molecule has 0 fully saturated rings. The summed E-state index contributed by atoms with van der Waals surface area (Å²) >= 11 is 3.24. The van der Waals surface area contributed by atoms with Crippen molar-refractivity contribution in [1.82, 2.24) is 5.32 Å². The van der Waals surface area contributed by atoms with Crippen molar-refractivity contribution < 1.29 is 36.2 Å². The molecule has 1 atom stereocenters. The van der Waals surface area contributed by atoms with Crippen LogP contribution in [0.3, 0.4) is 0 Å². The minimum Gasteiger partial charge on any atom is -0.406 e. The minimum absolute atomic E-state index is 0.233. The van der Waals surface area contributed by atoms with Crippen LogP contribution in [-0.4, -0.2) is 38.1 Å². The van der Waals surface area contributed by atoms with E-state index >= 15 is 0 Å². The number of benzene rings is 2. The third-order valence-electron chi connectivity index (χ3n) is 3.62. The summed E-state index contributed by atoms with van der Waals surface area (Å²) in [6.07, 6.45) is -6.05. The van der Waals surface area contributed by atoms with Gasteiger partial charge >= 0.3 is 6.36 Å². The lowest BCUT2D eigenvalue weighted by atomic mass is 10.1. The molecule has 0 radical (unpaired) electrons. The van der Waals surface area contributed by atoms with Gasteiger partial charge in [0.05, 0.1) is 11.9 Å². The number of sulfone groups is 1. The van der Waals surface area contributed by atoms with E-state index in [1.54, 1.807) is 24.3 Å². The van der Waals surface area contributed by atoms with Crippen LogP contribution in [0.15, 0.2) is 53.0 Å². The van der Waals surface area contributed by atoms with Crippen LogP contribution in [0.25, 0.3) is 0 Å². The van der Waals surface area contributed by atoms with Gasteiger partial charge in [-0.25, -0.2) is 8.42 Å². The molecule has 11 heteroatoms. The lowest BCUT2D eigenvalue weighted by Gasteiger charge is -2.14. The Kier molecular flexibility index (Phi) is 7.66. The summed E-state index contributed by atoms with van der Waals surface area (Å²) in [6, 6.07) is 11.1. The van der Waals surface area contributed by atoms with E-state index in [4.69, 9.17) is 0 Å². The second-order valence-corrected chi connectivity index (χ2v) is 9.08. The number of hydrogen-bond donors (Lipinski definition) is 2. The Hall–Kier alpha value is -2.11. The normalized spacial score (nSPS) is 13.0. The monoisotopic (exact) mass is 495 g/mol. The molecule has 0 saturated heterocycles. The highest BCUT2D eigenvalue weighted by Crippen LogP contribution is 2.24. The first-order valence-corrected chi connectivity index (χ1v) is 10.8. The lowest BCUT2D eigenvalue weighted by molar-refractivity contribution is -0.274.